The van der Waals surface area contributed by atoms with E-state index in [1.165, 1.54) is 16.9 Å². The molecule has 0 aliphatic heterocycles. The minimum Gasteiger partial charge on any atom is -0.472 e. The summed E-state index contributed by atoms with van der Waals surface area (Å²) in [6.45, 7) is 0.480. The Bertz CT molecular complexity index is 835. The Kier molecular flexibility index (Phi) is 3.97. The Morgan fingerprint density at radius 1 is 1.17 bits per heavy atom. The van der Waals surface area contributed by atoms with Gasteiger partial charge in [0.15, 0.2) is 0 Å². The van der Waals surface area contributed by atoms with Crippen LogP contribution in [-0.2, 0) is 19.4 Å². The number of aromatic nitrogens is 3. The zero-order chi connectivity index (χ0) is 15.6. The van der Waals surface area contributed by atoms with Crippen molar-refractivity contribution in [1.29, 1.82) is 0 Å². The van der Waals surface area contributed by atoms with E-state index in [0.717, 1.165) is 45.3 Å². The molecule has 1 aliphatic carbocycles. The van der Waals surface area contributed by atoms with Crippen LogP contribution in [0.2, 0.25) is 4.34 Å². The molecule has 0 fully saturated rings. The van der Waals surface area contributed by atoms with E-state index in [-0.39, 0.29) is 0 Å². The first-order valence-corrected chi connectivity index (χ1v) is 8.64. The second-order valence-corrected chi connectivity index (χ2v) is 7.21. The van der Waals surface area contributed by atoms with E-state index in [0.29, 0.717) is 12.5 Å². The van der Waals surface area contributed by atoms with E-state index in [2.05, 4.69) is 15.0 Å². The summed E-state index contributed by atoms with van der Waals surface area (Å²) in [5.74, 6) is 0.647. The summed E-state index contributed by atoms with van der Waals surface area (Å²) in [5.41, 5.74) is 4.57. The predicted octanol–water partition coefficient (Wildman–Crippen LogP) is 4.32. The molecule has 0 amide bonds. The molecule has 3 heterocycles. The number of thiophene rings is 1. The van der Waals surface area contributed by atoms with Crippen LogP contribution < -0.4 is 4.74 Å². The number of rotatable bonds is 4. The SMILES string of the molecule is Clc1ccc(COc2cc(-c3cncnc3)c3c(n2)CCC3)s1. The minimum atomic E-state index is 0.480. The van der Waals surface area contributed by atoms with Crippen LogP contribution >= 0.6 is 22.9 Å². The van der Waals surface area contributed by atoms with E-state index in [9.17, 15) is 0 Å². The van der Waals surface area contributed by atoms with E-state index in [1.807, 2.05) is 30.6 Å². The first-order valence-electron chi connectivity index (χ1n) is 7.45. The summed E-state index contributed by atoms with van der Waals surface area (Å²) in [6.07, 6.45) is 8.40. The molecule has 6 heteroatoms. The standard InChI is InChI=1S/C17H14ClN3OS/c18-16-5-4-12(23-16)9-22-17-6-14(11-7-19-10-20-8-11)13-2-1-3-15(13)21-17/h4-8,10H,1-3,9H2. The highest BCUT2D eigenvalue weighted by Crippen LogP contribution is 2.34. The van der Waals surface area contributed by atoms with Crippen molar-refractivity contribution >= 4 is 22.9 Å². The van der Waals surface area contributed by atoms with Gasteiger partial charge < -0.3 is 4.74 Å². The van der Waals surface area contributed by atoms with Gasteiger partial charge in [0.2, 0.25) is 5.88 Å². The summed E-state index contributed by atoms with van der Waals surface area (Å²) < 4.78 is 6.66. The molecule has 23 heavy (non-hydrogen) atoms. The Morgan fingerprint density at radius 3 is 2.83 bits per heavy atom. The van der Waals surface area contributed by atoms with Gasteiger partial charge in [-0.25, -0.2) is 15.0 Å². The van der Waals surface area contributed by atoms with Crippen LogP contribution in [0, 0.1) is 0 Å². The van der Waals surface area contributed by atoms with Gasteiger partial charge in [-0.3, -0.25) is 0 Å². The molecule has 3 aromatic heterocycles. The van der Waals surface area contributed by atoms with E-state index in [4.69, 9.17) is 16.3 Å². The third-order valence-electron chi connectivity index (χ3n) is 3.89. The first kappa shape index (κ1) is 14.6. The van der Waals surface area contributed by atoms with Crippen LogP contribution in [-0.4, -0.2) is 15.0 Å². The van der Waals surface area contributed by atoms with Gasteiger partial charge in [0.1, 0.15) is 12.9 Å². The lowest BCUT2D eigenvalue weighted by Gasteiger charge is -2.11. The van der Waals surface area contributed by atoms with Crippen LogP contribution in [0.25, 0.3) is 11.1 Å². The monoisotopic (exact) mass is 343 g/mol. The molecule has 0 saturated heterocycles. The van der Waals surface area contributed by atoms with E-state index < -0.39 is 0 Å². The third kappa shape index (κ3) is 3.07. The molecule has 0 radical (unpaired) electrons. The van der Waals surface area contributed by atoms with Crippen molar-refractivity contribution in [3.63, 3.8) is 0 Å². The molecular weight excluding hydrogens is 330 g/mol. The van der Waals surface area contributed by atoms with Gasteiger partial charge >= 0.3 is 0 Å². The maximum atomic E-state index is 5.96. The first-order chi connectivity index (χ1) is 11.3. The van der Waals surface area contributed by atoms with E-state index >= 15 is 0 Å². The third-order valence-corrected chi connectivity index (χ3v) is 5.09. The molecule has 0 atom stereocenters. The number of halogens is 1. The van der Waals surface area contributed by atoms with Gasteiger partial charge in [-0.2, -0.15) is 0 Å². The summed E-state index contributed by atoms with van der Waals surface area (Å²) in [7, 11) is 0. The number of hydrogen-bond donors (Lipinski definition) is 0. The zero-order valence-electron chi connectivity index (χ0n) is 12.3. The normalized spacial score (nSPS) is 13.1. The van der Waals surface area contributed by atoms with Gasteiger partial charge in [0, 0.05) is 34.6 Å². The largest absolute Gasteiger partial charge is 0.472 e. The summed E-state index contributed by atoms with van der Waals surface area (Å²) in [5, 5.41) is 0. The van der Waals surface area contributed by atoms with E-state index in [1.54, 1.807) is 6.33 Å². The second kappa shape index (κ2) is 6.26. The molecule has 0 aromatic carbocycles. The fourth-order valence-electron chi connectivity index (χ4n) is 2.86. The lowest BCUT2D eigenvalue weighted by atomic mass is 10.0. The van der Waals surface area contributed by atoms with Crippen molar-refractivity contribution in [1.82, 2.24) is 15.0 Å². The van der Waals surface area contributed by atoms with Crippen LogP contribution in [0.1, 0.15) is 22.6 Å². The summed E-state index contributed by atoms with van der Waals surface area (Å²) >= 11 is 7.48. The Labute approximate surface area is 143 Å². The Hall–Kier alpha value is -1.98. The molecular formula is C17H14ClN3OS. The molecule has 116 valence electrons. The van der Waals surface area contributed by atoms with Crippen molar-refractivity contribution in [2.45, 2.75) is 25.9 Å². The van der Waals surface area contributed by atoms with Gasteiger partial charge in [0.05, 0.1) is 4.34 Å². The fourth-order valence-corrected chi connectivity index (χ4v) is 3.86. The summed E-state index contributed by atoms with van der Waals surface area (Å²) in [6, 6.07) is 5.86. The van der Waals surface area contributed by atoms with Gasteiger partial charge in [-0.1, -0.05) is 11.6 Å². The lowest BCUT2D eigenvalue weighted by molar-refractivity contribution is 0.296. The Balaban J connectivity index is 1.66. The molecule has 0 N–H and O–H groups in total. The quantitative estimate of drug-likeness (QED) is 0.707. The lowest BCUT2D eigenvalue weighted by Crippen LogP contribution is -2.00. The summed E-state index contributed by atoms with van der Waals surface area (Å²) in [4.78, 5) is 14.0. The van der Waals surface area contributed by atoms with Crippen molar-refractivity contribution in [3.05, 3.63) is 57.4 Å². The molecule has 1 aliphatic rings. The zero-order valence-corrected chi connectivity index (χ0v) is 13.9. The van der Waals surface area contributed by atoms with Gasteiger partial charge in [-0.05, 0) is 42.5 Å². The van der Waals surface area contributed by atoms with Crippen LogP contribution in [0.4, 0.5) is 0 Å². The topological polar surface area (TPSA) is 47.9 Å². The van der Waals surface area contributed by atoms with Crippen molar-refractivity contribution < 1.29 is 4.74 Å². The molecule has 4 rings (SSSR count). The molecule has 3 aromatic rings. The average Bonchev–Trinajstić information content (AvgIpc) is 3.21. The fraction of sp³-hybridized carbons (Fsp3) is 0.235. The highest BCUT2D eigenvalue weighted by Gasteiger charge is 2.19. The highest BCUT2D eigenvalue weighted by molar-refractivity contribution is 7.16. The molecule has 0 spiro atoms. The maximum Gasteiger partial charge on any atom is 0.214 e. The molecule has 0 saturated carbocycles. The predicted molar refractivity (Wildman–Crippen MR) is 90.9 cm³/mol. The number of aryl methyl sites for hydroxylation is 1. The highest BCUT2D eigenvalue weighted by atomic mass is 35.5. The van der Waals surface area contributed by atoms with Gasteiger partial charge in [0.25, 0.3) is 0 Å². The number of hydrogen-bond acceptors (Lipinski definition) is 5. The molecule has 0 bridgehead atoms. The number of nitrogens with zero attached hydrogens (tertiary/aromatic N) is 3. The molecule has 4 nitrogen and oxygen atoms in total. The maximum absolute atomic E-state index is 5.96. The minimum absolute atomic E-state index is 0.480. The molecule has 0 unspecified atom stereocenters. The number of fused-ring (bicyclic) bond motifs is 1. The number of pyridine rings is 1. The van der Waals surface area contributed by atoms with Crippen LogP contribution in [0.15, 0.2) is 36.9 Å². The van der Waals surface area contributed by atoms with Crippen LogP contribution in [0.5, 0.6) is 5.88 Å². The van der Waals surface area contributed by atoms with Crippen molar-refractivity contribution in [2.75, 3.05) is 0 Å². The van der Waals surface area contributed by atoms with Crippen molar-refractivity contribution in [2.24, 2.45) is 0 Å². The van der Waals surface area contributed by atoms with Crippen molar-refractivity contribution in [3.8, 4) is 17.0 Å². The average molecular weight is 344 g/mol. The number of ether oxygens (including phenoxy) is 1. The Morgan fingerprint density at radius 2 is 2.04 bits per heavy atom. The van der Waals surface area contributed by atoms with Crippen LogP contribution in [0.3, 0.4) is 0 Å². The second-order valence-electron chi connectivity index (χ2n) is 5.41. The smallest absolute Gasteiger partial charge is 0.214 e. The van der Waals surface area contributed by atoms with Gasteiger partial charge in [-0.15, -0.1) is 11.3 Å².